The number of hydrogen-bond acceptors (Lipinski definition) is 10. The number of fused-ring (bicyclic) bond motifs is 3. The Morgan fingerprint density at radius 3 is 2.41 bits per heavy atom. The van der Waals surface area contributed by atoms with Gasteiger partial charge in [0.05, 0.1) is 30.9 Å². The summed E-state index contributed by atoms with van der Waals surface area (Å²) < 4.78 is 26.9. The summed E-state index contributed by atoms with van der Waals surface area (Å²) in [6, 6.07) is 25.0. The van der Waals surface area contributed by atoms with E-state index in [0.717, 1.165) is 84.4 Å². The maximum absolute atomic E-state index is 15.5. The molecule has 4 aromatic rings. The number of aliphatic hydroxyl groups is 2. The number of carbonyl (C=O) groups is 2. The van der Waals surface area contributed by atoms with Gasteiger partial charge in [0.1, 0.15) is 34.6 Å². The molecule has 0 unspecified atom stereocenters. The van der Waals surface area contributed by atoms with Crippen molar-refractivity contribution >= 4 is 28.7 Å². The number of unbranched alkanes of at least 4 members (excludes halogenated alkanes) is 2. The lowest BCUT2D eigenvalue weighted by Crippen LogP contribution is -2.70. The Kier molecular flexibility index (Phi) is 16.3. The van der Waals surface area contributed by atoms with Gasteiger partial charge in [0.25, 0.3) is 0 Å². The van der Waals surface area contributed by atoms with Crippen molar-refractivity contribution in [3.63, 3.8) is 0 Å². The number of oxime groups is 1. The van der Waals surface area contributed by atoms with Gasteiger partial charge in [-0.3, -0.25) is 9.59 Å². The zero-order valence-electron chi connectivity index (χ0n) is 41.1. The molecule has 1 heterocycles. The van der Waals surface area contributed by atoms with Crippen LogP contribution >= 0.6 is 0 Å². The van der Waals surface area contributed by atoms with E-state index < -0.39 is 23.3 Å². The third-order valence-corrected chi connectivity index (χ3v) is 14.8. The molecule has 4 aliphatic rings. The van der Waals surface area contributed by atoms with Crippen molar-refractivity contribution in [2.75, 3.05) is 26.9 Å². The van der Waals surface area contributed by atoms with E-state index in [-0.39, 0.29) is 43.5 Å². The first-order valence-electron chi connectivity index (χ1n) is 25.3. The fourth-order valence-corrected chi connectivity index (χ4v) is 11.7. The summed E-state index contributed by atoms with van der Waals surface area (Å²) in [5, 5.41) is 27.4. The number of ether oxygens (including phenoxy) is 4. The molecule has 368 valence electrons. The number of amides is 1. The molecule has 0 radical (unpaired) electrons. The van der Waals surface area contributed by atoms with Crippen molar-refractivity contribution in [1.29, 1.82) is 0 Å². The van der Waals surface area contributed by atoms with Crippen LogP contribution in [0.15, 0.2) is 108 Å². The van der Waals surface area contributed by atoms with Crippen LogP contribution in [0, 0.1) is 23.7 Å². The lowest BCUT2D eigenvalue weighted by atomic mass is 9.55. The first-order valence-corrected chi connectivity index (χ1v) is 25.3. The molecule has 11 nitrogen and oxygen atoms in total. The molecule has 3 aliphatic carbocycles. The minimum absolute atomic E-state index is 0.0318. The van der Waals surface area contributed by atoms with E-state index in [4.69, 9.17) is 28.9 Å². The van der Waals surface area contributed by atoms with E-state index in [2.05, 4.69) is 55.1 Å². The molecule has 0 saturated heterocycles. The van der Waals surface area contributed by atoms with Crippen molar-refractivity contribution in [2.24, 2.45) is 28.8 Å². The Hall–Kier alpha value is -5.49. The molecule has 0 spiro atoms. The zero-order valence-corrected chi connectivity index (χ0v) is 41.1. The molecule has 2 saturated carbocycles. The van der Waals surface area contributed by atoms with Crippen LogP contribution in [0.1, 0.15) is 132 Å². The highest BCUT2D eigenvalue weighted by Crippen LogP contribution is 2.62. The van der Waals surface area contributed by atoms with Gasteiger partial charge in [0, 0.05) is 44.1 Å². The maximum Gasteiger partial charge on any atom is 0.239 e. The summed E-state index contributed by atoms with van der Waals surface area (Å²) >= 11 is 0. The monoisotopic (exact) mass is 941 g/mol. The SMILES string of the molecule is C=CCO[C@@]12Oc3ccc(Oc4ccc(OC)c(C=O)c4)cc3[C@H]3[C@H](CCCCO)[C@@H](CCCCO)C=C(C(=NOC(C)(C)C)C[C@@H]1N(Cc1cccc4ccccc14)C(=O)CCC1CCCC1)[C@H]32. The van der Waals surface area contributed by atoms with Crippen LogP contribution in [0.3, 0.4) is 0 Å². The minimum Gasteiger partial charge on any atom is -0.496 e. The van der Waals surface area contributed by atoms with Gasteiger partial charge in [-0.2, -0.15) is 0 Å². The predicted octanol–water partition coefficient (Wildman–Crippen LogP) is 11.9. The Balaban J connectivity index is 1.35. The molecule has 1 aliphatic heterocycles. The number of benzene rings is 4. The number of methoxy groups -OCH3 is 1. The van der Waals surface area contributed by atoms with Crippen LogP contribution in [0.2, 0.25) is 0 Å². The molecule has 0 aromatic heterocycles. The topological polar surface area (TPSA) is 136 Å². The summed E-state index contributed by atoms with van der Waals surface area (Å²) in [5.41, 5.74) is 3.48. The molecule has 4 aromatic carbocycles. The highest BCUT2D eigenvalue weighted by Gasteiger charge is 2.65. The average Bonchev–Trinajstić information content (AvgIpc) is 3.88. The van der Waals surface area contributed by atoms with Crippen molar-refractivity contribution in [2.45, 2.75) is 134 Å². The van der Waals surface area contributed by atoms with E-state index >= 15 is 4.79 Å². The van der Waals surface area contributed by atoms with Crippen LogP contribution in [0.5, 0.6) is 23.0 Å². The third-order valence-electron chi connectivity index (χ3n) is 14.8. The van der Waals surface area contributed by atoms with Crippen molar-refractivity contribution in [3.05, 3.63) is 120 Å². The first kappa shape index (κ1) is 49.9. The van der Waals surface area contributed by atoms with Crippen LogP contribution in [0.4, 0.5) is 0 Å². The van der Waals surface area contributed by atoms with Crippen LogP contribution < -0.4 is 14.2 Å². The number of carbonyl (C=O) groups excluding carboxylic acids is 2. The van der Waals surface area contributed by atoms with Crippen molar-refractivity contribution in [3.8, 4) is 23.0 Å². The average molecular weight is 941 g/mol. The molecular formula is C58H72N2O9. The lowest BCUT2D eigenvalue weighted by molar-refractivity contribution is -0.258. The second kappa shape index (κ2) is 22.5. The fraction of sp³-hybridized carbons (Fsp3) is 0.500. The van der Waals surface area contributed by atoms with E-state index in [1.165, 1.54) is 20.0 Å². The normalized spacial score (nSPS) is 23.7. The maximum atomic E-state index is 15.5. The van der Waals surface area contributed by atoms with E-state index in [0.29, 0.717) is 66.7 Å². The van der Waals surface area contributed by atoms with Gasteiger partial charge in [-0.15, -0.1) is 6.58 Å². The molecule has 2 N–H and O–H groups in total. The smallest absolute Gasteiger partial charge is 0.239 e. The molecule has 6 atom stereocenters. The van der Waals surface area contributed by atoms with Crippen molar-refractivity contribution < 1.29 is 43.6 Å². The van der Waals surface area contributed by atoms with Gasteiger partial charge < -0.3 is 38.9 Å². The Morgan fingerprint density at radius 2 is 1.67 bits per heavy atom. The minimum atomic E-state index is -1.41. The fourth-order valence-electron chi connectivity index (χ4n) is 11.7. The number of hydrogen-bond donors (Lipinski definition) is 2. The van der Waals surface area contributed by atoms with Crippen LogP contribution in [-0.4, -0.2) is 77.4 Å². The number of rotatable bonds is 22. The second-order valence-electron chi connectivity index (χ2n) is 20.4. The van der Waals surface area contributed by atoms with Gasteiger partial charge in [-0.05, 0) is 129 Å². The molecule has 0 bridgehead atoms. The molecule has 1 amide bonds. The molecule has 8 rings (SSSR count). The van der Waals surface area contributed by atoms with Gasteiger partial charge in [-0.25, -0.2) is 0 Å². The number of allylic oxidation sites excluding steroid dienone is 1. The van der Waals surface area contributed by atoms with E-state index in [1.54, 1.807) is 24.3 Å². The quantitative estimate of drug-likeness (QED) is 0.0341. The zero-order chi connectivity index (χ0) is 48.5. The number of aliphatic hydroxyl groups excluding tert-OH is 2. The third kappa shape index (κ3) is 11.1. The number of aldehydes is 1. The first-order chi connectivity index (χ1) is 33.5. The standard InChI is InChI=1S/C58H72N2O9/c1-6-32-66-58-53(60(54(64)29-24-39-16-7-8-17-39)37-42-21-15-20-40-18-9-10-22-46(40)42)36-50(59-69-57(2,3)4)48-34-41(19-11-13-30-61)47(23-12-14-31-62)55(56(48)58)49-35-45(26-28-52(49)68-58)67-44-25-27-51(65-5)43(33-44)38-63/h6,9-10,15,18,20-22,25-28,33-35,38-39,41,47,53,55-56,61-62H,1,7-8,11-14,16-17,19,23-24,29-32,36-37H2,2-5H3/t41-,47+,53-,55+,56+,58+/m0/s1. The second-order valence-corrected chi connectivity index (χ2v) is 20.4. The summed E-state index contributed by atoms with van der Waals surface area (Å²) in [7, 11) is 1.53. The van der Waals surface area contributed by atoms with E-state index in [1.807, 2.05) is 43.9 Å². The Morgan fingerprint density at radius 1 is 0.928 bits per heavy atom. The Labute approximate surface area is 408 Å². The van der Waals surface area contributed by atoms with Gasteiger partial charge in [-0.1, -0.05) is 98.3 Å². The lowest BCUT2D eigenvalue weighted by Gasteiger charge is -2.60. The molecule has 69 heavy (non-hydrogen) atoms. The van der Waals surface area contributed by atoms with Gasteiger partial charge in [0.15, 0.2) is 6.29 Å². The molecular weight excluding hydrogens is 869 g/mol. The Bertz CT molecular complexity index is 2480. The summed E-state index contributed by atoms with van der Waals surface area (Å²) in [4.78, 5) is 36.0. The highest BCUT2D eigenvalue weighted by molar-refractivity contribution is 6.03. The van der Waals surface area contributed by atoms with Gasteiger partial charge >= 0.3 is 0 Å². The molecule has 2 fully saturated rings. The van der Waals surface area contributed by atoms with Crippen molar-refractivity contribution in [1.82, 2.24) is 4.90 Å². The van der Waals surface area contributed by atoms with Crippen LogP contribution in [0.25, 0.3) is 10.8 Å². The number of nitrogens with zero attached hydrogens (tertiary/aromatic N) is 2. The summed E-state index contributed by atoms with van der Waals surface area (Å²) in [5.74, 6) is 0.674. The van der Waals surface area contributed by atoms with Gasteiger partial charge in [0.2, 0.25) is 11.7 Å². The summed E-state index contributed by atoms with van der Waals surface area (Å²) in [6.45, 7) is 10.8. The van der Waals surface area contributed by atoms with E-state index in [9.17, 15) is 15.0 Å². The predicted molar refractivity (Wildman–Crippen MR) is 270 cm³/mol. The largest absolute Gasteiger partial charge is 0.496 e. The van der Waals surface area contributed by atoms with Crippen LogP contribution in [-0.2, 0) is 20.9 Å². The molecule has 11 heteroatoms. The highest BCUT2D eigenvalue weighted by atomic mass is 16.7. The summed E-state index contributed by atoms with van der Waals surface area (Å²) in [6.07, 6.45) is 15.7.